The maximum Gasteiger partial charge on any atom is 0.308 e. The fraction of sp³-hybridized carbons (Fsp3) is 0.812. The molecule has 0 N–H and O–H groups in total. The fourth-order valence-electron chi connectivity index (χ4n) is 4.69. The van der Waals surface area contributed by atoms with E-state index in [1.165, 1.54) is 32.1 Å². The van der Waals surface area contributed by atoms with Crippen molar-refractivity contribution < 1.29 is 9.53 Å². The van der Waals surface area contributed by atoms with E-state index < -0.39 is 0 Å². The van der Waals surface area contributed by atoms with Gasteiger partial charge in [0.05, 0.1) is 5.92 Å². The molecule has 2 fully saturated rings. The zero-order valence-electron chi connectivity index (χ0n) is 11.8. The Bertz CT molecular complexity index is 409. The second-order valence-electron chi connectivity index (χ2n) is 6.81. The summed E-state index contributed by atoms with van der Waals surface area (Å²) in [7, 11) is 0. The molecule has 0 amide bonds. The van der Waals surface area contributed by atoms with Gasteiger partial charge in [-0.3, -0.25) is 4.79 Å². The van der Waals surface area contributed by atoms with E-state index in [0.717, 1.165) is 0 Å². The van der Waals surface area contributed by atoms with E-state index in [0.29, 0.717) is 18.4 Å². The molecule has 2 heteroatoms. The number of esters is 1. The number of hydrogen-bond acceptors (Lipinski definition) is 2. The third-order valence-electron chi connectivity index (χ3n) is 5.70. The number of fused-ring (bicyclic) bond motifs is 1. The summed E-state index contributed by atoms with van der Waals surface area (Å²) in [4.78, 5) is 12.0. The van der Waals surface area contributed by atoms with Gasteiger partial charge in [0.15, 0.2) is 0 Å². The molecule has 0 aromatic rings. The lowest BCUT2D eigenvalue weighted by molar-refractivity contribution is -0.149. The van der Waals surface area contributed by atoms with Crippen LogP contribution in [0, 0.1) is 23.2 Å². The highest BCUT2D eigenvalue weighted by atomic mass is 16.5. The Morgan fingerprint density at radius 1 is 1.28 bits per heavy atom. The van der Waals surface area contributed by atoms with Crippen molar-refractivity contribution in [3.05, 3.63) is 11.1 Å². The number of carbonyl (C=O) groups is 1. The summed E-state index contributed by atoms with van der Waals surface area (Å²) in [5.41, 5.74) is 3.42. The van der Waals surface area contributed by atoms with Crippen LogP contribution >= 0.6 is 0 Å². The van der Waals surface area contributed by atoms with Crippen LogP contribution in [-0.4, -0.2) is 12.6 Å². The number of cyclic esters (lactones) is 1. The van der Waals surface area contributed by atoms with Crippen LogP contribution in [0.4, 0.5) is 0 Å². The molecule has 3 rings (SSSR count). The summed E-state index contributed by atoms with van der Waals surface area (Å²) in [5, 5.41) is 0. The molecule has 1 saturated carbocycles. The summed E-state index contributed by atoms with van der Waals surface area (Å²) >= 11 is 0. The van der Waals surface area contributed by atoms with Crippen molar-refractivity contribution in [1.29, 1.82) is 0 Å². The van der Waals surface area contributed by atoms with Crippen molar-refractivity contribution in [2.75, 3.05) is 6.61 Å². The van der Waals surface area contributed by atoms with Crippen molar-refractivity contribution in [3.8, 4) is 0 Å². The zero-order chi connectivity index (χ0) is 12.9. The molecule has 18 heavy (non-hydrogen) atoms. The van der Waals surface area contributed by atoms with Gasteiger partial charge in [0, 0.05) is 5.41 Å². The zero-order valence-corrected chi connectivity index (χ0v) is 11.8. The first-order valence-corrected chi connectivity index (χ1v) is 7.40. The van der Waals surface area contributed by atoms with Crippen molar-refractivity contribution in [2.45, 2.75) is 52.9 Å². The second-order valence-corrected chi connectivity index (χ2v) is 6.81. The molecule has 1 aliphatic heterocycles. The normalized spacial score (nSPS) is 44.2. The lowest BCUT2D eigenvalue weighted by Gasteiger charge is -2.32. The van der Waals surface area contributed by atoms with Crippen LogP contribution in [0.15, 0.2) is 11.1 Å². The molecule has 0 aromatic carbocycles. The van der Waals surface area contributed by atoms with Crippen LogP contribution in [0.3, 0.4) is 0 Å². The minimum Gasteiger partial charge on any atom is -0.465 e. The van der Waals surface area contributed by atoms with Gasteiger partial charge in [-0.05, 0) is 50.9 Å². The van der Waals surface area contributed by atoms with Gasteiger partial charge in [0.2, 0.25) is 0 Å². The average molecular weight is 248 g/mol. The first kappa shape index (κ1) is 12.3. The maximum atomic E-state index is 12.0. The number of hydrogen-bond donors (Lipinski definition) is 0. The topological polar surface area (TPSA) is 26.3 Å². The van der Waals surface area contributed by atoms with E-state index >= 15 is 0 Å². The summed E-state index contributed by atoms with van der Waals surface area (Å²) in [6.45, 7) is 7.36. The molecule has 1 spiro atoms. The Morgan fingerprint density at radius 3 is 2.83 bits per heavy atom. The lowest BCUT2D eigenvalue weighted by atomic mass is 9.72. The molecule has 2 aliphatic carbocycles. The first-order valence-electron chi connectivity index (χ1n) is 7.40. The Labute approximate surface area is 110 Å². The molecule has 1 heterocycles. The van der Waals surface area contributed by atoms with Gasteiger partial charge in [0.1, 0.15) is 6.61 Å². The average Bonchev–Trinajstić information content (AvgIpc) is 2.51. The van der Waals surface area contributed by atoms with Crippen LogP contribution in [0.2, 0.25) is 0 Å². The van der Waals surface area contributed by atoms with Crippen LogP contribution in [0.1, 0.15) is 52.9 Å². The Kier molecular flexibility index (Phi) is 2.80. The molecule has 2 nitrogen and oxygen atoms in total. The molecule has 4 atom stereocenters. The first-order chi connectivity index (χ1) is 8.53. The lowest BCUT2D eigenvalue weighted by Crippen LogP contribution is -2.28. The molecule has 0 aromatic heterocycles. The third-order valence-corrected chi connectivity index (χ3v) is 5.70. The van der Waals surface area contributed by atoms with Crippen LogP contribution in [0.25, 0.3) is 0 Å². The predicted molar refractivity (Wildman–Crippen MR) is 71.0 cm³/mol. The molecule has 100 valence electrons. The predicted octanol–water partition coefficient (Wildman–Crippen LogP) is 3.71. The van der Waals surface area contributed by atoms with Crippen LogP contribution in [-0.2, 0) is 9.53 Å². The molecule has 2 bridgehead atoms. The highest BCUT2D eigenvalue weighted by Crippen LogP contribution is 2.56. The number of carbonyl (C=O) groups excluding carboxylic acids is 1. The van der Waals surface area contributed by atoms with Gasteiger partial charge in [-0.15, -0.1) is 0 Å². The van der Waals surface area contributed by atoms with Crippen molar-refractivity contribution in [2.24, 2.45) is 23.2 Å². The monoisotopic (exact) mass is 248 g/mol. The van der Waals surface area contributed by atoms with Gasteiger partial charge in [-0.25, -0.2) is 0 Å². The van der Waals surface area contributed by atoms with Gasteiger partial charge in [-0.2, -0.15) is 0 Å². The number of rotatable bonds is 0. The van der Waals surface area contributed by atoms with Crippen LogP contribution in [0.5, 0.6) is 0 Å². The largest absolute Gasteiger partial charge is 0.465 e. The van der Waals surface area contributed by atoms with E-state index in [1.54, 1.807) is 11.1 Å². The minimum atomic E-state index is 0.0373. The van der Waals surface area contributed by atoms with Gasteiger partial charge in [-0.1, -0.05) is 25.0 Å². The minimum absolute atomic E-state index is 0.0373. The molecule has 0 unspecified atom stereocenters. The number of allylic oxidation sites excluding steroid dienone is 1. The number of ether oxygens (including phenoxy) is 1. The summed E-state index contributed by atoms with van der Waals surface area (Å²) in [6, 6.07) is 0. The summed E-state index contributed by atoms with van der Waals surface area (Å²) < 4.78 is 5.61. The summed E-state index contributed by atoms with van der Waals surface area (Å²) in [5.74, 6) is 1.35. The molecule has 0 radical (unpaired) electrons. The van der Waals surface area contributed by atoms with Gasteiger partial charge < -0.3 is 4.74 Å². The van der Waals surface area contributed by atoms with E-state index in [9.17, 15) is 4.79 Å². The van der Waals surface area contributed by atoms with E-state index in [2.05, 4.69) is 20.8 Å². The Hall–Kier alpha value is -0.790. The van der Waals surface area contributed by atoms with Crippen molar-refractivity contribution >= 4 is 5.97 Å². The van der Waals surface area contributed by atoms with Crippen molar-refractivity contribution in [3.63, 3.8) is 0 Å². The SMILES string of the molecule is CC1=C2[C@@H](C)CC[C@@H]3C[C@@]2(CC1)COC(=O)[C@H]3C. The van der Waals surface area contributed by atoms with Crippen molar-refractivity contribution in [1.82, 2.24) is 0 Å². The highest BCUT2D eigenvalue weighted by Gasteiger charge is 2.49. The maximum absolute atomic E-state index is 12.0. The molecule has 1 saturated heterocycles. The molecular formula is C16H24O2. The highest BCUT2D eigenvalue weighted by molar-refractivity contribution is 5.73. The Morgan fingerprint density at radius 2 is 2.06 bits per heavy atom. The van der Waals surface area contributed by atoms with Gasteiger partial charge in [0.25, 0.3) is 0 Å². The van der Waals surface area contributed by atoms with E-state index in [1.807, 2.05) is 0 Å². The quantitative estimate of drug-likeness (QED) is 0.482. The standard InChI is InChI=1S/C16H24O2/c1-10-4-5-13-8-16(7-6-11(2)14(10)16)9-18-15(17)12(13)3/h10,12-13H,4-9H2,1-3H3/t10-,12-,13+,16-/m0/s1. The van der Waals surface area contributed by atoms with E-state index in [4.69, 9.17) is 4.74 Å². The smallest absolute Gasteiger partial charge is 0.308 e. The molecular weight excluding hydrogens is 224 g/mol. The fourth-order valence-corrected chi connectivity index (χ4v) is 4.69. The molecule has 3 aliphatic rings. The second kappa shape index (κ2) is 4.11. The van der Waals surface area contributed by atoms with Crippen LogP contribution < -0.4 is 0 Å². The third kappa shape index (κ3) is 1.64. The summed E-state index contributed by atoms with van der Waals surface area (Å²) in [6.07, 6.45) is 6.02. The van der Waals surface area contributed by atoms with E-state index in [-0.39, 0.29) is 17.3 Å². The van der Waals surface area contributed by atoms with Gasteiger partial charge >= 0.3 is 5.97 Å². The Balaban J connectivity index is 2.04.